The van der Waals surface area contributed by atoms with Gasteiger partial charge in [-0.25, -0.2) is 0 Å². The number of hydrogen-bond acceptors (Lipinski definition) is 8. The molecule has 5 aliphatic rings. The van der Waals surface area contributed by atoms with Crippen molar-refractivity contribution in [2.24, 2.45) is 5.41 Å². The van der Waals surface area contributed by atoms with E-state index in [0.717, 1.165) is 11.1 Å². The topological polar surface area (TPSA) is 112 Å². The van der Waals surface area contributed by atoms with E-state index in [9.17, 15) is 9.90 Å². The van der Waals surface area contributed by atoms with Gasteiger partial charge in [0.2, 0.25) is 0 Å². The number of carbonyl (C=O) groups is 2. The molecule has 30 aromatic carbocycles. The van der Waals surface area contributed by atoms with Gasteiger partial charge in [0.15, 0.2) is 10.8 Å². The van der Waals surface area contributed by atoms with E-state index in [1.807, 2.05) is 12.1 Å². The van der Waals surface area contributed by atoms with Gasteiger partial charge in [0.1, 0.15) is 22.8 Å². The number of benzene rings is 20. The van der Waals surface area contributed by atoms with Crippen LogP contribution in [0.5, 0.6) is 11.5 Å². The minimum absolute atomic E-state index is 0.00254. The summed E-state index contributed by atoms with van der Waals surface area (Å²) in [5.74, 6) is 0.170. The van der Waals surface area contributed by atoms with E-state index in [2.05, 4.69) is 41.5 Å². The van der Waals surface area contributed by atoms with Gasteiger partial charge in [0.05, 0.1) is 36.5 Å². The van der Waals surface area contributed by atoms with E-state index < -0.39 is 28.2 Å². The highest BCUT2D eigenvalue weighted by Crippen LogP contribution is 2.96. The number of hydrogen-bond donors (Lipinski definition) is 1. The predicted octanol–water partition coefficient (Wildman–Crippen LogP) is 21.6. The highest BCUT2D eigenvalue weighted by atomic mass is 16.6. The lowest BCUT2D eigenvalue weighted by Crippen LogP contribution is -2.38. The SMILES string of the molecule is COC(=O)C1(C(=O)OCCCOc2ccc3c(=O)cc(-c4cc(C(C)(C)C)c(O)c(C(C)(C)C)c4)oc3c2)C23c4c5c6c7c8c9c(c%10c%11c2c2c4c4c%12c5c5c6c6c8c8c%13c9c9c%10c%10c%11c%11c2c2c4c4c%12c%12c5c5c6c8c6c8c%13c9c9c%10c%10c%11c2c2c4c4c%12c5c6c5c8c9c%10c2c45)C713. The molecule has 0 unspecified atom stereocenters. The maximum Gasteiger partial charge on any atom is 0.326 e. The molecule has 1 N–H and O–H groups in total. The van der Waals surface area contributed by atoms with E-state index in [1.165, 1.54) is 316 Å². The Morgan fingerprint density at radius 1 is 0.388 bits per heavy atom. The molecule has 8 heteroatoms. The Kier molecular flexibility index (Phi) is 4.80. The van der Waals surface area contributed by atoms with E-state index in [0.29, 0.717) is 34.5 Å². The second-order valence-corrected chi connectivity index (χ2v) is 34.9. The number of phenols is 1. The van der Waals surface area contributed by atoms with Crippen molar-refractivity contribution in [3.8, 4) is 22.8 Å². The van der Waals surface area contributed by atoms with Crippen LogP contribution in [-0.4, -0.2) is 37.4 Å². The molecule has 98 heavy (non-hydrogen) atoms. The van der Waals surface area contributed by atoms with Gasteiger partial charge in [-0.2, -0.15) is 0 Å². The molecule has 8 nitrogen and oxygen atoms in total. The van der Waals surface area contributed by atoms with Crippen LogP contribution in [0.4, 0.5) is 0 Å². The van der Waals surface area contributed by atoms with E-state index in [-0.39, 0.29) is 35.2 Å². The van der Waals surface area contributed by atoms with Gasteiger partial charge in [-0.3, -0.25) is 14.4 Å². The summed E-state index contributed by atoms with van der Waals surface area (Å²) in [7, 11) is 1.53. The molecule has 1 heterocycles. The van der Waals surface area contributed by atoms with E-state index in [4.69, 9.17) is 18.6 Å². The summed E-state index contributed by atoms with van der Waals surface area (Å²) in [5, 5.41) is 89.7. The first-order valence-corrected chi connectivity index (χ1v) is 35.3. The molecule has 36 rings (SSSR count). The highest BCUT2D eigenvalue weighted by Gasteiger charge is 3.01. The number of methoxy groups -OCH3 is 1. The fraction of sp³-hybridized carbons (Fsp3) is 0.167. The number of rotatable bonds is 8. The lowest BCUT2D eigenvalue weighted by atomic mass is 9.68. The summed E-state index contributed by atoms with van der Waals surface area (Å²) in [6, 6.07) is 10.7. The Balaban J connectivity index is 0.669. The van der Waals surface area contributed by atoms with E-state index >= 15 is 9.59 Å². The predicted molar refractivity (Wildman–Crippen MR) is 396 cm³/mol. The normalized spacial score (nSPS) is 21.0. The summed E-state index contributed by atoms with van der Waals surface area (Å²) in [6.45, 7) is 12.6. The third-order valence-electron chi connectivity index (χ3n) is 30.7. The molecular weight excluding hydrogens is 1210 g/mol. The van der Waals surface area contributed by atoms with E-state index in [1.54, 1.807) is 29.0 Å². The molecule has 1 aromatic heterocycles. The van der Waals surface area contributed by atoms with Crippen molar-refractivity contribution >= 4 is 314 Å². The minimum Gasteiger partial charge on any atom is -0.507 e. The van der Waals surface area contributed by atoms with Crippen LogP contribution < -0.4 is 10.2 Å². The number of fused-ring (bicyclic) bond motifs is 1. The lowest BCUT2D eigenvalue weighted by Gasteiger charge is -2.32. The minimum atomic E-state index is -1.84. The quantitative estimate of drug-likeness (QED) is 0.0693. The first-order valence-electron chi connectivity index (χ1n) is 35.3. The van der Waals surface area contributed by atoms with Crippen LogP contribution in [0.1, 0.15) is 81.3 Å². The molecular formula is C90H34O8. The Hall–Kier alpha value is -11.4. The van der Waals surface area contributed by atoms with Crippen molar-refractivity contribution in [3.05, 3.63) is 80.0 Å². The molecule has 5 aliphatic carbocycles. The van der Waals surface area contributed by atoms with Crippen LogP contribution in [0.3, 0.4) is 0 Å². The molecule has 2 spiro atoms. The van der Waals surface area contributed by atoms with Gasteiger partial charge in [-0.15, -0.1) is 0 Å². The summed E-state index contributed by atoms with van der Waals surface area (Å²) >= 11 is 0. The van der Waals surface area contributed by atoms with Crippen molar-refractivity contribution in [2.45, 2.75) is 69.6 Å². The Bertz CT molecular complexity index is 8510. The largest absolute Gasteiger partial charge is 0.507 e. The number of phenolic OH excluding ortho intramolecular Hbond substituents is 1. The molecule has 0 amide bonds. The molecule has 31 aromatic rings. The Morgan fingerprint density at radius 3 is 0.949 bits per heavy atom. The van der Waals surface area contributed by atoms with Crippen LogP contribution in [0, 0.1) is 5.41 Å². The fourth-order valence-corrected chi connectivity index (χ4v) is 29.2. The zero-order chi connectivity index (χ0) is 62.5. The van der Waals surface area contributed by atoms with Crippen LogP contribution in [0.2, 0.25) is 0 Å². The summed E-state index contributed by atoms with van der Waals surface area (Å²) in [5.41, 5.74) is 2.31. The van der Waals surface area contributed by atoms with Crippen molar-refractivity contribution in [3.63, 3.8) is 0 Å². The molecule has 1 saturated carbocycles. The molecule has 442 valence electrons. The molecule has 0 radical (unpaired) electrons. The number of ether oxygens (including phenoxy) is 3. The maximum absolute atomic E-state index is 17.5. The fourth-order valence-electron chi connectivity index (χ4n) is 29.2. The molecule has 1 fully saturated rings. The summed E-state index contributed by atoms with van der Waals surface area (Å²) in [6.07, 6.45) is 0.334. The third kappa shape index (κ3) is 2.84. The average Bonchev–Trinajstić information content (AvgIpc) is 1.35. The van der Waals surface area contributed by atoms with Crippen LogP contribution in [0.15, 0.2) is 45.6 Å². The molecule has 0 atom stereocenters. The first-order chi connectivity index (χ1) is 47.7. The first kappa shape index (κ1) is 43.7. The second-order valence-electron chi connectivity index (χ2n) is 34.9. The van der Waals surface area contributed by atoms with Gasteiger partial charge >= 0.3 is 11.9 Å². The summed E-state index contributed by atoms with van der Waals surface area (Å²) < 4.78 is 26.8. The van der Waals surface area contributed by atoms with Crippen molar-refractivity contribution in [1.29, 1.82) is 0 Å². The number of aromatic hydroxyl groups is 1. The van der Waals surface area contributed by atoms with Gasteiger partial charge in [-0.05, 0) is 348 Å². The number of carbonyl (C=O) groups excluding carboxylic acids is 2. The van der Waals surface area contributed by atoms with Gasteiger partial charge in [0.25, 0.3) is 0 Å². The second kappa shape index (κ2) is 10.8. The standard InChI is InChI=1S/C90H34O8/c1-86(2,3)20-13-17(14-21(83(20)92)87(4,5)6)23-16-22(91)19-10-9-18(15-24(19)98-23)96-11-8-12-97-85(94)90(84(93)95-7)88-79-71-63-53-43-35-27-25-26-29-33-31(27)39-47-41(33)51-45-37(29)38-30(26)34-32-28(25)36(35)44-50-40(32)48-42(34)52-46(38)56-55(45)65-59(51)69-61(47)67(57(63)49(39)43)75(79)77(69)81-73(65)74-66(56)60(52)70-62(48)68-58(50)64(54(44)53)72(71)80(88)76(68)78(70)82(74)89(81,88)90/h9-10,13-16,92H,8,11-12H2,1-7H3. The zero-order valence-electron chi connectivity index (χ0n) is 52.9. The van der Waals surface area contributed by atoms with Gasteiger partial charge in [0, 0.05) is 35.2 Å². The molecule has 0 saturated heterocycles. The zero-order valence-corrected chi connectivity index (χ0v) is 52.9. The van der Waals surface area contributed by atoms with Gasteiger partial charge in [-0.1, -0.05) is 41.5 Å². The van der Waals surface area contributed by atoms with Gasteiger partial charge < -0.3 is 23.7 Å². The highest BCUT2D eigenvalue weighted by molar-refractivity contribution is 6.82. The van der Waals surface area contributed by atoms with Crippen LogP contribution in [-0.2, 0) is 40.7 Å². The van der Waals surface area contributed by atoms with Crippen LogP contribution >= 0.6 is 0 Å². The Labute approximate surface area is 542 Å². The summed E-state index contributed by atoms with van der Waals surface area (Å²) in [4.78, 5) is 48.6. The maximum atomic E-state index is 17.5. The van der Waals surface area contributed by atoms with Crippen LogP contribution in [0.25, 0.3) is 313 Å². The smallest absolute Gasteiger partial charge is 0.326 e. The molecule has 0 aliphatic heterocycles. The lowest BCUT2D eigenvalue weighted by molar-refractivity contribution is -0.165. The monoisotopic (exact) mass is 1240 g/mol. The third-order valence-corrected chi connectivity index (χ3v) is 30.7. The Morgan fingerprint density at radius 2 is 0.673 bits per heavy atom. The average molecular weight is 1240 g/mol. The van der Waals surface area contributed by atoms with Crippen molar-refractivity contribution in [2.75, 3.05) is 20.3 Å². The van der Waals surface area contributed by atoms with Crippen molar-refractivity contribution in [1.82, 2.24) is 0 Å². The van der Waals surface area contributed by atoms with Crippen molar-refractivity contribution < 1.29 is 33.3 Å². The molecule has 0 bridgehead atoms. The number of esters is 2.